The number of aromatic nitrogens is 5. The fourth-order valence-electron chi connectivity index (χ4n) is 12.1. The molecule has 1 aliphatic carbocycles. The first-order valence-corrected chi connectivity index (χ1v) is 25.3. The van der Waals surface area contributed by atoms with E-state index in [1.807, 2.05) is 48.7 Å². The third kappa shape index (κ3) is 9.65. The molecule has 6 aromatic rings. The number of rotatable bonds is 7. The number of nitriles is 1. The van der Waals surface area contributed by atoms with Gasteiger partial charge in [-0.15, -0.1) is 0 Å². The summed E-state index contributed by atoms with van der Waals surface area (Å²) < 4.78 is 1.77. The van der Waals surface area contributed by atoms with Crippen LogP contribution >= 0.6 is 11.6 Å². The van der Waals surface area contributed by atoms with Gasteiger partial charge in [-0.05, 0) is 117 Å². The van der Waals surface area contributed by atoms with E-state index >= 15 is 0 Å². The summed E-state index contributed by atoms with van der Waals surface area (Å²) in [4.78, 5) is 26.1. The van der Waals surface area contributed by atoms with Crippen LogP contribution in [0.15, 0.2) is 85.3 Å². The normalized spacial score (nSPS) is 19.9. The highest BCUT2D eigenvalue weighted by molar-refractivity contribution is 6.32. The Morgan fingerprint density at radius 3 is 2.28 bits per heavy atom. The van der Waals surface area contributed by atoms with Crippen LogP contribution in [0.25, 0.3) is 33.3 Å². The van der Waals surface area contributed by atoms with Crippen LogP contribution in [0.4, 0.5) is 17.1 Å². The summed E-state index contributed by atoms with van der Waals surface area (Å²) in [5.74, 6) is 2.06. The van der Waals surface area contributed by atoms with E-state index in [9.17, 15) is 10.1 Å². The molecule has 1 spiro atoms. The second-order valence-electron chi connectivity index (χ2n) is 20.3. The van der Waals surface area contributed by atoms with Crippen molar-refractivity contribution in [1.82, 2.24) is 29.9 Å². The number of carbonyl (C=O) groups excluding carboxylic acids is 1. The van der Waals surface area contributed by atoms with E-state index < -0.39 is 0 Å². The number of amides is 1. The standard InChI is InChI=1S/C34H45ClN4.C21H20N6O/c1-26-23-34(25-39(26)32-8-7-29(24-36)33(35)22-32)15-19-38(20-16-34)31-11-9-30(10-12-31)37-17-13-28(14-18-37)21-27-5-3-2-4-6-27;1-13(28)27-7-6-19-18(12-27)21(25-24-19)16-5-3-4-14-8-20(22-10-17(14)16)15-9-23-26(2)11-15/h7-12,22,26-28H,2-6,13-21,23,25H2,1H3;3-5,8-11H,6-7,12H2,1-2H3,(H,24,25). The van der Waals surface area contributed by atoms with Crippen molar-refractivity contribution >= 4 is 45.3 Å². The minimum absolute atomic E-state index is 0.0958. The van der Waals surface area contributed by atoms with Crippen LogP contribution in [0.1, 0.15) is 101 Å². The number of H-pyrrole nitrogens is 1. The van der Waals surface area contributed by atoms with Crippen LogP contribution in [0, 0.1) is 28.6 Å². The number of benzene rings is 3. The van der Waals surface area contributed by atoms with E-state index in [0.29, 0.717) is 28.6 Å². The van der Waals surface area contributed by atoms with Crippen molar-refractivity contribution in [2.45, 2.75) is 103 Å². The zero-order valence-electron chi connectivity index (χ0n) is 39.6. The van der Waals surface area contributed by atoms with E-state index in [2.05, 4.69) is 96.5 Å². The predicted molar refractivity (Wildman–Crippen MR) is 270 cm³/mol. The number of nitrogens with one attached hydrogen (secondary N) is 1. The van der Waals surface area contributed by atoms with Crippen molar-refractivity contribution in [2.75, 3.05) is 54.0 Å². The third-order valence-electron chi connectivity index (χ3n) is 16.0. The molecular weight excluding hydrogens is 852 g/mol. The Labute approximate surface area is 401 Å². The second kappa shape index (κ2) is 19.4. The van der Waals surface area contributed by atoms with Crippen LogP contribution in [0.2, 0.25) is 5.02 Å². The van der Waals surface area contributed by atoms with Gasteiger partial charge in [0.1, 0.15) is 6.07 Å². The maximum atomic E-state index is 11.8. The number of piperidine rings is 2. The van der Waals surface area contributed by atoms with Crippen molar-refractivity contribution in [3.05, 3.63) is 107 Å². The van der Waals surface area contributed by atoms with E-state index in [4.69, 9.17) is 11.6 Å². The number of halogens is 1. The lowest BCUT2D eigenvalue weighted by molar-refractivity contribution is -0.129. The molecule has 1 amide bonds. The Balaban J connectivity index is 0.000000165. The fraction of sp³-hybridized carbons (Fsp3) is 0.473. The molecule has 5 aliphatic rings. The number of hydrogen-bond donors (Lipinski definition) is 1. The molecule has 1 atom stereocenters. The van der Waals surface area contributed by atoms with Gasteiger partial charge in [0.15, 0.2) is 0 Å². The van der Waals surface area contributed by atoms with Crippen molar-refractivity contribution in [1.29, 1.82) is 5.26 Å². The summed E-state index contributed by atoms with van der Waals surface area (Å²) in [6.07, 6.45) is 21.8. The smallest absolute Gasteiger partial charge is 0.219 e. The number of aryl methyl sites for hydroxylation is 1. The Kier molecular flexibility index (Phi) is 13.0. The largest absolute Gasteiger partial charge is 0.372 e. The summed E-state index contributed by atoms with van der Waals surface area (Å²) in [7, 11) is 1.90. The fourth-order valence-corrected chi connectivity index (χ4v) is 12.3. The molecule has 4 fully saturated rings. The van der Waals surface area contributed by atoms with Crippen LogP contribution in [0.3, 0.4) is 0 Å². The molecule has 12 heteroatoms. The Bertz CT molecular complexity index is 2730. The number of fused-ring (bicyclic) bond motifs is 2. The van der Waals surface area contributed by atoms with Crippen molar-refractivity contribution in [3.63, 3.8) is 0 Å². The monoisotopic (exact) mass is 917 g/mol. The highest BCUT2D eigenvalue weighted by atomic mass is 35.5. The Morgan fingerprint density at radius 2 is 1.60 bits per heavy atom. The van der Waals surface area contributed by atoms with E-state index in [-0.39, 0.29) is 5.91 Å². The minimum Gasteiger partial charge on any atom is -0.372 e. The summed E-state index contributed by atoms with van der Waals surface area (Å²) in [5, 5.41) is 23.9. The summed E-state index contributed by atoms with van der Waals surface area (Å²) in [5.41, 5.74) is 10.9. The summed E-state index contributed by atoms with van der Waals surface area (Å²) in [6, 6.07) is 26.3. The quantitative estimate of drug-likeness (QED) is 0.168. The van der Waals surface area contributed by atoms with Gasteiger partial charge in [-0.1, -0.05) is 61.9 Å². The Hall–Kier alpha value is -5.86. The average Bonchev–Trinajstić information content (AvgIpc) is 4.08. The SMILES string of the molecule is CC(=O)N1CCc2[nH]nc(-c3cccc4cc(-c5cnn(C)c5)ncc34)c2C1.CC1CC2(CCN(c3ccc(N4CCC(CC5CCCCC5)CC4)cc3)CC2)CN1c1ccc(C#N)c(Cl)c1. The number of pyridine rings is 1. The number of aromatic amines is 1. The van der Waals surface area contributed by atoms with Gasteiger partial charge >= 0.3 is 0 Å². The van der Waals surface area contributed by atoms with Crippen LogP contribution in [0.5, 0.6) is 0 Å². The molecule has 11 nitrogen and oxygen atoms in total. The van der Waals surface area contributed by atoms with Gasteiger partial charge in [0.25, 0.3) is 0 Å². The second-order valence-corrected chi connectivity index (χ2v) is 20.8. The molecule has 0 bridgehead atoms. The summed E-state index contributed by atoms with van der Waals surface area (Å²) in [6.45, 7) is 11.1. The van der Waals surface area contributed by atoms with E-state index in [1.54, 1.807) is 11.6 Å². The molecule has 1 saturated carbocycles. The van der Waals surface area contributed by atoms with Crippen LogP contribution < -0.4 is 14.7 Å². The molecule has 7 heterocycles. The molecule has 3 saturated heterocycles. The van der Waals surface area contributed by atoms with E-state index in [1.165, 1.54) is 95.1 Å². The van der Waals surface area contributed by atoms with Gasteiger partial charge in [0.05, 0.1) is 28.2 Å². The van der Waals surface area contributed by atoms with Gasteiger partial charge in [-0.25, -0.2) is 0 Å². The van der Waals surface area contributed by atoms with E-state index in [0.717, 1.165) is 94.7 Å². The lowest BCUT2D eigenvalue weighted by atomic mass is 9.76. The minimum atomic E-state index is 0.0958. The van der Waals surface area contributed by atoms with Gasteiger partial charge < -0.3 is 19.6 Å². The highest BCUT2D eigenvalue weighted by Gasteiger charge is 2.44. The molecule has 67 heavy (non-hydrogen) atoms. The van der Waals surface area contributed by atoms with Crippen molar-refractivity contribution in [3.8, 4) is 28.6 Å². The van der Waals surface area contributed by atoms with Crippen LogP contribution in [-0.2, 0) is 24.8 Å². The molecular formula is C55H65ClN10O. The number of nitrogens with zero attached hydrogens (tertiary/aromatic N) is 9. The maximum absolute atomic E-state index is 11.8. The first-order chi connectivity index (χ1) is 32.6. The van der Waals surface area contributed by atoms with Gasteiger partial charge in [0, 0.05) is 129 Å². The molecule has 1 unspecified atom stereocenters. The van der Waals surface area contributed by atoms with Crippen LogP contribution in [-0.4, -0.2) is 81.1 Å². The zero-order valence-corrected chi connectivity index (χ0v) is 40.3. The number of anilines is 3. The first kappa shape index (κ1) is 44.9. The van der Waals surface area contributed by atoms with Gasteiger partial charge in [0.2, 0.25) is 5.91 Å². The predicted octanol–water partition coefficient (Wildman–Crippen LogP) is 11.2. The zero-order chi connectivity index (χ0) is 46.1. The van der Waals surface area contributed by atoms with Gasteiger partial charge in [-0.3, -0.25) is 19.6 Å². The van der Waals surface area contributed by atoms with Crippen molar-refractivity contribution in [2.24, 2.45) is 24.3 Å². The highest BCUT2D eigenvalue weighted by Crippen LogP contribution is 2.46. The maximum Gasteiger partial charge on any atom is 0.219 e. The molecule has 11 rings (SSSR count). The third-order valence-corrected chi connectivity index (χ3v) is 16.3. The van der Waals surface area contributed by atoms with Gasteiger partial charge in [-0.2, -0.15) is 15.5 Å². The molecule has 4 aliphatic heterocycles. The van der Waals surface area contributed by atoms with Crippen molar-refractivity contribution < 1.29 is 4.79 Å². The lowest BCUT2D eigenvalue weighted by Gasteiger charge is -2.40. The average molecular weight is 918 g/mol. The molecule has 0 radical (unpaired) electrons. The molecule has 1 N–H and O–H groups in total. The summed E-state index contributed by atoms with van der Waals surface area (Å²) >= 11 is 6.36. The number of carbonyl (C=O) groups is 1. The Morgan fingerprint density at radius 1 is 0.881 bits per heavy atom. The molecule has 3 aromatic heterocycles. The molecule has 3 aromatic carbocycles. The number of hydrogen-bond acceptors (Lipinski definition) is 8. The topological polar surface area (TPSA) is 113 Å². The lowest BCUT2D eigenvalue weighted by Crippen LogP contribution is -2.41. The molecule has 348 valence electrons. The first-order valence-electron chi connectivity index (χ1n) is 24.9.